The van der Waals surface area contributed by atoms with Crippen LogP contribution in [0.5, 0.6) is 0 Å². The first-order valence-corrected chi connectivity index (χ1v) is 5.84. The Balaban J connectivity index is 2.23. The first-order chi connectivity index (χ1) is 8.68. The molecule has 0 fully saturated rings. The van der Waals surface area contributed by atoms with Crippen molar-refractivity contribution in [2.75, 3.05) is 0 Å². The summed E-state index contributed by atoms with van der Waals surface area (Å²) in [7, 11) is 0. The van der Waals surface area contributed by atoms with Crippen LogP contribution in [0.4, 0.5) is 0 Å². The lowest BCUT2D eigenvalue weighted by molar-refractivity contribution is 0.103. The van der Waals surface area contributed by atoms with Crippen LogP contribution in [0.25, 0.3) is 10.9 Å². The number of furan rings is 1. The van der Waals surface area contributed by atoms with Gasteiger partial charge in [0.05, 0.1) is 17.4 Å². The van der Waals surface area contributed by atoms with Crippen molar-refractivity contribution in [3.63, 3.8) is 0 Å². The number of para-hydroxylation sites is 1. The lowest BCUT2D eigenvalue weighted by Gasteiger charge is -1.99. The second-order valence-corrected chi connectivity index (χ2v) is 4.39. The fraction of sp³-hybridized carbons (Fsp3) is 0.133. The molecule has 0 unspecified atom stereocenters. The number of carbonyl (C=O) groups is 1. The first kappa shape index (κ1) is 10.8. The minimum Gasteiger partial charge on any atom is -0.469 e. The first-order valence-electron chi connectivity index (χ1n) is 5.84. The summed E-state index contributed by atoms with van der Waals surface area (Å²) < 4.78 is 5.20. The molecule has 0 atom stereocenters. The molecule has 2 heterocycles. The zero-order valence-electron chi connectivity index (χ0n) is 10.3. The highest BCUT2D eigenvalue weighted by Gasteiger charge is 2.20. The maximum Gasteiger partial charge on any atom is 0.198 e. The topological polar surface area (TPSA) is 46.0 Å². The van der Waals surface area contributed by atoms with Crippen LogP contribution in [0.1, 0.15) is 27.4 Å². The quantitative estimate of drug-likeness (QED) is 0.694. The van der Waals surface area contributed by atoms with Gasteiger partial charge < -0.3 is 9.40 Å². The highest BCUT2D eigenvalue weighted by molar-refractivity contribution is 6.17. The number of fused-ring (bicyclic) bond motifs is 1. The Bertz CT molecular complexity index is 734. The van der Waals surface area contributed by atoms with Crippen molar-refractivity contribution in [3.8, 4) is 0 Å². The zero-order valence-corrected chi connectivity index (χ0v) is 10.3. The Kier molecular flexibility index (Phi) is 2.33. The van der Waals surface area contributed by atoms with E-state index in [0.29, 0.717) is 11.3 Å². The van der Waals surface area contributed by atoms with Crippen molar-refractivity contribution in [2.45, 2.75) is 13.8 Å². The third kappa shape index (κ3) is 1.48. The van der Waals surface area contributed by atoms with E-state index in [-0.39, 0.29) is 5.78 Å². The lowest BCUT2D eigenvalue weighted by atomic mass is 10.0. The predicted molar refractivity (Wildman–Crippen MR) is 69.9 cm³/mol. The number of rotatable bonds is 2. The molecule has 0 radical (unpaired) electrons. The number of aryl methyl sites for hydroxylation is 2. The molecule has 0 bridgehead atoms. The zero-order chi connectivity index (χ0) is 12.7. The van der Waals surface area contributed by atoms with E-state index >= 15 is 0 Å². The summed E-state index contributed by atoms with van der Waals surface area (Å²) in [6.45, 7) is 3.72. The number of carbonyl (C=O) groups excluding carboxylic acids is 1. The van der Waals surface area contributed by atoms with E-state index in [9.17, 15) is 4.79 Å². The number of nitrogens with one attached hydrogen (secondary N) is 1. The molecule has 3 nitrogen and oxygen atoms in total. The molecule has 0 saturated heterocycles. The molecule has 0 aliphatic heterocycles. The number of aromatic amines is 1. The molecule has 0 spiro atoms. The van der Waals surface area contributed by atoms with Gasteiger partial charge in [-0.25, -0.2) is 0 Å². The van der Waals surface area contributed by atoms with E-state index in [1.165, 1.54) is 0 Å². The molecule has 3 aromatic rings. The number of hydrogen-bond donors (Lipinski definition) is 1. The van der Waals surface area contributed by atoms with Crippen LogP contribution in [-0.4, -0.2) is 10.8 Å². The van der Waals surface area contributed by atoms with E-state index < -0.39 is 0 Å². The van der Waals surface area contributed by atoms with Gasteiger partial charge in [-0.1, -0.05) is 18.2 Å². The van der Waals surface area contributed by atoms with Gasteiger partial charge in [-0.15, -0.1) is 0 Å². The van der Waals surface area contributed by atoms with E-state index in [0.717, 1.165) is 22.2 Å². The molecule has 3 heteroatoms. The average molecular weight is 239 g/mol. The normalized spacial score (nSPS) is 11.0. The summed E-state index contributed by atoms with van der Waals surface area (Å²) >= 11 is 0. The molecule has 3 rings (SSSR count). The summed E-state index contributed by atoms with van der Waals surface area (Å²) in [6, 6.07) is 9.55. The van der Waals surface area contributed by atoms with Crippen molar-refractivity contribution in [2.24, 2.45) is 0 Å². The Morgan fingerprint density at radius 1 is 1.17 bits per heavy atom. The Labute approximate surface area is 104 Å². The predicted octanol–water partition coefficient (Wildman–Crippen LogP) is 3.61. The third-order valence-corrected chi connectivity index (χ3v) is 3.22. The fourth-order valence-corrected chi connectivity index (χ4v) is 2.32. The molecule has 1 N–H and O–H groups in total. The van der Waals surface area contributed by atoms with Gasteiger partial charge in [0.15, 0.2) is 5.78 Å². The van der Waals surface area contributed by atoms with Crippen molar-refractivity contribution in [1.29, 1.82) is 0 Å². The number of hydrogen-bond acceptors (Lipinski definition) is 2. The number of H-pyrrole nitrogens is 1. The Morgan fingerprint density at radius 2 is 1.94 bits per heavy atom. The Morgan fingerprint density at radius 3 is 2.67 bits per heavy atom. The fourth-order valence-electron chi connectivity index (χ4n) is 2.32. The minimum absolute atomic E-state index is 0.0104. The van der Waals surface area contributed by atoms with Crippen molar-refractivity contribution in [1.82, 2.24) is 4.98 Å². The maximum absolute atomic E-state index is 12.5. The van der Waals surface area contributed by atoms with Gasteiger partial charge >= 0.3 is 0 Å². The van der Waals surface area contributed by atoms with Gasteiger partial charge in [-0.3, -0.25) is 4.79 Å². The summed E-state index contributed by atoms with van der Waals surface area (Å²) in [6.07, 6.45) is 1.55. The van der Waals surface area contributed by atoms with Crippen LogP contribution in [0.2, 0.25) is 0 Å². The summed E-state index contributed by atoms with van der Waals surface area (Å²) in [5, 5.41) is 0.959. The highest BCUT2D eigenvalue weighted by Crippen LogP contribution is 2.25. The molecule has 0 saturated carbocycles. The molecule has 90 valence electrons. The minimum atomic E-state index is 0.0104. The van der Waals surface area contributed by atoms with Crippen LogP contribution in [0.3, 0.4) is 0 Å². The molecular formula is C15H13NO2. The molecule has 1 aromatic carbocycles. The number of aromatic nitrogens is 1. The molecule has 0 aliphatic carbocycles. The molecule has 0 aliphatic rings. The summed E-state index contributed by atoms with van der Waals surface area (Å²) in [4.78, 5) is 15.8. The van der Waals surface area contributed by atoms with Crippen molar-refractivity contribution >= 4 is 16.7 Å². The van der Waals surface area contributed by atoms with Gasteiger partial charge in [0.1, 0.15) is 5.76 Å². The smallest absolute Gasteiger partial charge is 0.198 e. The number of ketones is 1. The van der Waals surface area contributed by atoms with E-state index in [1.54, 1.807) is 19.3 Å². The van der Waals surface area contributed by atoms with Gasteiger partial charge in [0, 0.05) is 16.6 Å². The summed E-state index contributed by atoms with van der Waals surface area (Å²) in [5.41, 5.74) is 3.24. The Hall–Kier alpha value is -2.29. The van der Waals surface area contributed by atoms with E-state index in [2.05, 4.69) is 4.98 Å². The lowest BCUT2D eigenvalue weighted by Crippen LogP contribution is -2.02. The van der Waals surface area contributed by atoms with E-state index in [1.807, 2.05) is 31.2 Å². The van der Waals surface area contributed by atoms with Gasteiger partial charge in [-0.2, -0.15) is 0 Å². The largest absolute Gasteiger partial charge is 0.469 e. The molecule has 18 heavy (non-hydrogen) atoms. The molecular weight excluding hydrogens is 226 g/mol. The third-order valence-electron chi connectivity index (χ3n) is 3.22. The van der Waals surface area contributed by atoms with Crippen LogP contribution in [0, 0.1) is 13.8 Å². The average Bonchev–Trinajstić information content (AvgIpc) is 2.91. The maximum atomic E-state index is 12.5. The van der Waals surface area contributed by atoms with Gasteiger partial charge in [0.2, 0.25) is 0 Å². The highest BCUT2D eigenvalue weighted by atomic mass is 16.3. The van der Waals surface area contributed by atoms with Crippen LogP contribution in [0.15, 0.2) is 41.0 Å². The van der Waals surface area contributed by atoms with Crippen LogP contribution < -0.4 is 0 Å². The second kappa shape index (κ2) is 3.88. The standard InChI is InChI=1S/C15H13NO2/c1-9-14(12-5-3-4-6-13(12)16-9)15(17)11-7-8-18-10(11)2/h3-8,16H,1-2H3. The number of benzene rings is 1. The van der Waals surface area contributed by atoms with Crippen molar-refractivity contribution in [3.05, 3.63) is 59.2 Å². The SMILES string of the molecule is Cc1[nH]c2ccccc2c1C(=O)c1ccoc1C. The van der Waals surface area contributed by atoms with Gasteiger partial charge in [0.25, 0.3) is 0 Å². The second-order valence-electron chi connectivity index (χ2n) is 4.39. The van der Waals surface area contributed by atoms with Crippen LogP contribution >= 0.6 is 0 Å². The van der Waals surface area contributed by atoms with Gasteiger partial charge in [-0.05, 0) is 26.0 Å². The summed E-state index contributed by atoms with van der Waals surface area (Å²) in [5.74, 6) is 0.667. The van der Waals surface area contributed by atoms with Crippen LogP contribution in [-0.2, 0) is 0 Å². The monoisotopic (exact) mass is 239 g/mol. The molecule has 0 amide bonds. The van der Waals surface area contributed by atoms with E-state index in [4.69, 9.17) is 4.42 Å². The van der Waals surface area contributed by atoms with Crippen molar-refractivity contribution < 1.29 is 9.21 Å². The molecule has 2 aromatic heterocycles.